The van der Waals surface area contributed by atoms with Crippen molar-refractivity contribution in [1.29, 1.82) is 0 Å². The molecule has 1 N–H and O–H groups in total. The van der Waals surface area contributed by atoms with Gasteiger partial charge in [0, 0.05) is 19.1 Å². The standard InChI is InChI=1S/C21H32N2O5S/c1-5-18(6-2)22-20(24)14-28-21(25)17-7-9-19(10-8-17)29(26,27)23-12-15(3)11-16(4)13-23/h7-10,15-16,18H,5-6,11-14H2,1-4H3,(H,22,24). The van der Waals surface area contributed by atoms with E-state index in [1.807, 2.05) is 13.8 Å². The summed E-state index contributed by atoms with van der Waals surface area (Å²) in [5.74, 6) is -0.378. The molecule has 29 heavy (non-hydrogen) atoms. The zero-order chi connectivity index (χ0) is 21.6. The van der Waals surface area contributed by atoms with E-state index >= 15 is 0 Å². The fraction of sp³-hybridized carbons (Fsp3) is 0.619. The number of rotatable bonds is 8. The molecular formula is C21H32N2O5S. The van der Waals surface area contributed by atoms with Crippen LogP contribution in [0.1, 0.15) is 57.3 Å². The van der Waals surface area contributed by atoms with Gasteiger partial charge in [-0.15, -0.1) is 0 Å². The fourth-order valence-corrected chi connectivity index (χ4v) is 5.37. The van der Waals surface area contributed by atoms with Crippen LogP contribution in [0.15, 0.2) is 29.2 Å². The topological polar surface area (TPSA) is 92.8 Å². The average molecular weight is 425 g/mol. The van der Waals surface area contributed by atoms with Crippen molar-refractivity contribution in [2.75, 3.05) is 19.7 Å². The SMILES string of the molecule is CCC(CC)NC(=O)COC(=O)c1ccc(S(=O)(=O)N2CC(C)CC(C)C2)cc1. The number of nitrogens with zero attached hydrogens (tertiary/aromatic N) is 1. The highest BCUT2D eigenvalue weighted by atomic mass is 32.2. The molecular weight excluding hydrogens is 392 g/mol. The number of amides is 1. The number of carbonyl (C=O) groups excluding carboxylic acids is 2. The van der Waals surface area contributed by atoms with Gasteiger partial charge in [0.15, 0.2) is 6.61 Å². The Morgan fingerprint density at radius 3 is 2.17 bits per heavy atom. The van der Waals surface area contributed by atoms with Crippen LogP contribution < -0.4 is 5.32 Å². The second-order valence-electron chi connectivity index (χ2n) is 7.95. The molecule has 1 saturated heterocycles. The van der Waals surface area contributed by atoms with Gasteiger partial charge in [-0.25, -0.2) is 13.2 Å². The first kappa shape index (κ1) is 23.3. The van der Waals surface area contributed by atoms with Gasteiger partial charge in [0.25, 0.3) is 5.91 Å². The minimum Gasteiger partial charge on any atom is -0.452 e. The monoisotopic (exact) mass is 424 g/mol. The number of carbonyl (C=O) groups is 2. The molecule has 2 atom stereocenters. The minimum absolute atomic E-state index is 0.0610. The highest BCUT2D eigenvalue weighted by molar-refractivity contribution is 7.89. The third kappa shape index (κ3) is 6.27. The molecule has 1 aromatic rings. The minimum atomic E-state index is -3.60. The van der Waals surface area contributed by atoms with E-state index in [4.69, 9.17) is 4.74 Å². The van der Waals surface area contributed by atoms with E-state index in [0.717, 1.165) is 19.3 Å². The predicted molar refractivity (Wildman–Crippen MR) is 111 cm³/mol. The lowest BCUT2D eigenvalue weighted by molar-refractivity contribution is -0.125. The Labute approximate surface area is 173 Å². The summed E-state index contributed by atoms with van der Waals surface area (Å²) >= 11 is 0. The van der Waals surface area contributed by atoms with Crippen LogP contribution in [0.5, 0.6) is 0 Å². The summed E-state index contributed by atoms with van der Waals surface area (Å²) in [5, 5.41) is 2.79. The molecule has 162 valence electrons. The molecule has 2 rings (SSSR count). The van der Waals surface area contributed by atoms with Gasteiger partial charge in [-0.1, -0.05) is 27.7 Å². The van der Waals surface area contributed by atoms with Crippen LogP contribution in [0.25, 0.3) is 0 Å². The number of piperidine rings is 1. The predicted octanol–water partition coefficient (Wildman–Crippen LogP) is 2.81. The van der Waals surface area contributed by atoms with Crippen LogP contribution in [0, 0.1) is 11.8 Å². The molecule has 8 heteroatoms. The molecule has 1 aliphatic rings. The largest absolute Gasteiger partial charge is 0.452 e. The van der Waals surface area contributed by atoms with Crippen molar-refractivity contribution >= 4 is 21.9 Å². The van der Waals surface area contributed by atoms with Crippen LogP contribution in [0.3, 0.4) is 0 Å². The molecule has 0 bridgehead atoms. The van der Waals surface area contributed by atoms with Crippen LogP contribution in [-0.4, -0.2) is 50.3 Å². The maximum atomic E-state index is 12.9. The van der Waals surface area contributed by atoms with E-state index in [0.29, 0.717) is 24.9 Å². The number of ether oxygens (including phenoxy) is 1. The fourth-order valence-electron chi connectivity index (χ4n) is 3.69. The lowest BCUT2D eigenvalue weighted by atomic mass is 9.94. The average Bonchev–Trinajstić information content (AvgIpc) is 2.69. The van der Waals surface area contributed by atoms with Crippen LogP contribution in [-0.2, 0) is 19.6 Å². The lowest BCUT2D eigenvalue weighted by Gasteiger charge is -2.34. The highest BCUT2D eigenvalue weighted by Gasteiger charge is 2.31. The van der Waals surface area contributed by atoms with E-state index < -0.39 is 16.0 Å². The number of hydrogen-bond donors (Lipinski definition) is 1. The first-order valence-corrected chi connectivity index (χ1v) is 11.7. The Morgan fingerprint density at radius 1 is 1.10 bits per heavy atom. The van der Waals surface area contributed by atoms with Crippen LogP contribution in [0.4, 0.5) is 0 Å². The van der Waals surface area contributed by atoms with Gasteiger partial charge in [0.05, 0.1) is 10.5 Å². The molecule has 0 aliphatic carbocycles. The molecule has 0 aromatic heterocycles. The van der Waals surface area contributed by atoms with Gasteiger partial charge in [-0.05, 0) is 55.4 Å². The number of sulfonamides is 1. The zero-order valence-electron chi connectivity index (χ0n) is 17.7. The van der Waals surface area contributed by atoms with E-state index in [9.17, 15) is 18.0 Å². The second kappa shape index (κ2) is 10.2. The van der Waals surface area contributed by atoms with E-state index in [2.05, 4.69) is 19.2 Å². The maximum Gasteiger partial charge on any atom is 0.338 e. The quantitative estimate of drug-likeness (QED) is 0.648. The van der Waals surface area contributed by atoms with Gasteiger partial charge in [0.1, 0.15) is 0 Å². The molecule has 0 radical (unpaired) electrons. The smallest absolute Gasteiger partial charge is 0.338 e. The molecule has 1 heterocycles. The Balaban J connectivity index is 1.98. The van der Waals surface area contributed by atoms with Crippen molar-refractivity contribution in [3.63, 3.8) is 0 Å². The molecule has 1 aliphatic heterocycles. The first-order valence-electron chi connectivity index (χ1n) is 10.2. The van der Waals surface area contributed by atoms with Gasteiger partial charge in [-0.2, -0.15) is 4.31 Å². The molecule has 1 fully saturated rings. The maximum absolute atomic E-state index is 12.9. The third-order valence-corrected chi connectivity index (χ3v) is 7.09. The van der Waals surface area contributed by atoms with Gasteiger partial charge in [-0.3, -0.25) is 4.79 Å². The summed E-state index contributed by atoms with van der Waals surface area (Å²) in [6, 6.07) is 5.74. The molecule has 0 spiro atoms. The van der Waals surface area contributed by atoms with Gasteiger partial charge < -0.3 is 10.1 Å². The highest BCUT2D eigenvalue weighted by Crippen LogP contribution is 2.26. The van der Waals surface area contributed by atoms with E-state index in [1.54, 1.807) is 0 Å². The Morgan fingerprint density at radius 2 is 1.66 bits per heavy atom. The van der Waals surface area contributed by atoms with Crippen molar-refractivity contribution in [2.24, 2.45) is 11.8 Å². The normalized spacial score (nSPS) is 20.4. The number of esters is 1. The lowest BCUT2D eigenvalue weighted by Crippen LogP contribution is -2.42. The molecule has 0 saturated carbocycles. The summed E-state index contributed by atoms with van der Waals surface area (Å²) in [6.07, 6.45) is 2.63. The van der Waals surface area contributed by atoms with Crippen LogP contribution >= 0.6 is 0 Å². The summed E-state index contributed by atoms with van der Waals surface area (Å²) < 4.78 is 32.3. The number of nitrogens with one attached hydrogen (secondary N) is 1. The van der Waals surface area contributed by atoms with Crippen LogP contribution in [0.2, 0.25) is 0 Å². The van der Waals surface area contributed by atoms with Crippen molar-refractivity contribution < 1.29 is 22.7 Å². The van der Waals surface area contributed by atoms with E-state index in [-0.39, 0.29) is 29.0 Å². The molecule has 1 amide bonds. The summed E-state index contributed by atoms with van der Waals surface area (Å²) in [5.41, 5.74) is 0.208. The second-order valence-corrected chi connectivity index (χ2v) is 9.89. The van der Waals surface area contributed by atoms with Crippen molar-refractivity contribution in [3.8, 4) is 0 Å². The van der Waals surface area contributed by atoms with Crippen molar-refractivity contribution in [2.45, 2.75) is 57.9 Å². The van der Waals surface area contributed by atoms with E-state index in [1.165, 1.54) is 28.6 Å². The summed E-state index contributed by atoms with van der Waals surface area (Å²) in [4.78, 5) is 24.2. The Hall–Kier alpha value is -1.93. The molecule has 7 nitrogen and oxygen atoms in total. The van der Waals surface area contributed by atoms with Gasteiger partial charge in [0.2, 0.25) is 10.0 Å². The summed E-state index contributed by atoms with van der Waals surface area (Å²) in [7, 11) is -3.60. The third-order valence-electron chi connectivity index (χ3n) is 5.25. The summed E-state index contributed by atoms with van der Waals surface area (Å²) in [6.45, 7) is 8.69. The Bertz CT molecular complexity index is 793. The molecule has 2 unspecified atom stereocenters. The Kier molecular flexibility index (Phi) is 8.22. The first-order chi connectivity index (χ1) is 13.7. The number of hydrogen-bond acceptors (Lipinski definition) is 5. The zero-order valence-corrected chi connectivity index (χ0v) is 18.5. The number of benzene rings is 1. The molecule has 1 aromatic carbocycles. The van der Waals surface area contributed by atoms with Gasteiger partial charge >= 0.3 is 5.97 Å². The van der Waals surface area contributed by atoms with Crippen molar-refractivity contribution in [3.05, 3.63) is 29.8 Å². The van der Waals surface area contributed by atoms with Crippen molar-refractivity contribution in [1.82, 2.24) is 9.62 Å².